The summed E-state index contributed by atoms with van der Waals surface area (Å²) in [5, 5.41) is 3.48. The molecule has 8 heteroatoms. The van der Waals surface area contributed by atoms with E-state index >= 15 is 0 Å². The summed E-state index contributed by atoms with van der Waals surface area (Å²) in [6, 6.07) is 6.01. The number of aliphatic imine (C=N–C) groups is 1. The fraction of sp³-hybridized carbons (Fsp3) is 0.500. The predicted octanol–water partition coefficient (Wildman–Crippen LogP) is 1.84. The number of rotatable bonds is 5. The quantitative estimate of drug-likeness (QED) is 0.854. The average molecular weight is 345 g/mol. The number of guanidine groups is 1. The Hall–Kier alpha value is -1.31. The highest BCUT2D eigenvalue weighted by Gasteiger charge is 2.19. The molecule has 0 saturated carbocycles. The molecule has 0 radical (unpaired) electrons. The second kappa shape index (κ2) is 7.30. The Labute approximate surface area is 136 Å². The molecule has 0 spiro atoms. The SMILES string of the molecule is CC(C)CCN1CN=C(NS(=O)(=O)c2ccc(Cl)cc2)NC1. The van der Waals surface area contributed by atoms with Gasteiger partial charge in [0.2, 0.25) is 5.96 Å². The zero-order valence-electron chi connectivity index (χ0n) is 12.7. The van der Waals surface area contributed by atoms with Crippen molar-refractivity contribution >= 4 is 27.6 Å². The van der Waals surface area contributed by atoms with Crippen LogP contribution in [0.1, 0.15) is 20.3 Å². The lowest BCUT2D eigenvalue weighted by Crippen LogP contribution is -2.50. The summed E-state index contributed by atoms with van der Waals surface area (Å²) in [6.07, 6.45) is 1.09. The number of nitrogens with zero attached hydrogens (tertiary/aromatic N) is 2. The third-order valence-electron chi connectivity index (χ3n) is 3.28. The van der Waals surface area contributed by atoms with Gasteiger partial charge in [0.25, 0.3) is 10.0 Å². The molecule has 0 atom stereocenters. The highest BCUT2D eigenvalue weighted by atomic mass is 35.5. The highest BCUT2D eigenvalue weighted by Crippen LogP contribution is 2.14. The van der Waals surface area contributed by atoms with Crippen LogP contribution < -0.4 is 10.0 Å². The summed E-state index contributed by atoms with van der Waals surface area (Å²) in [5.74, 6) is 0.907. The Balaban J connectivity index is 1.95. The summed E-state index contributed by atoms with van der Waals surface area (Å²) in [4.78, 5) is 6.51. The van der Waals surface area contributed by atoms with Crippen LogP contribution >= 0.6 is 11.6 Å². The van der Waals surface area contributed by atoms with E-state index < -0.39 is 10.0 Å². The summed E-state index contributed by atoms with van der Waals surface area (Å²) < 4.78 is 26.9. The summed E-state index contributed by atoms with van der Waals surface area (Å²) in [7, 11) is -3.64. The van der Waals surface area contributed by atoms with Gasteiger partial charge in [-0.1, -0.05) is 25.4 Å². The molecule has 0 amide bonds. The fourth-order valence-electron chi connectivity index (χ4n) is 1.92. The normalized spacial score (nSPS) is 16.3. The fourth-order valence-corrected chi connectivity index (χ4v) is 3.05. The Morgan fingerprint density at radius 3 is 2.59 bits per heavy atom. The van der Waals surface area contributed by atoms with Gasteiger partial charge in [-0.2, -0.15) is 0 Å². The van der Waals surface area contributed by atoms with Gasteiger partial charge >= 0.3 is 0 Å². The lowest BCUT2D eigenvalue weighted by Gasteiger charge is -2.27. The van der Waals surface area contributed by atoms with Crippen molar-refractivity contribution in [2.75, 3.05) is 19.9 Å². The van der Waals surface area contributed by atoms with Gasteiger partial charge in [-0.05, 0) is 36.6 Å². The van der Waals surface area contributed by atoms with Crippen LogP contribution in [-0.2, 0) is 10.0 Å². The van der Waals surface area contributed by atoms with Gasteiger partial charge in [0, 0.05) is 11.6 Å². The van der Waals surface area contributed by atoms with Gasteiger partial charge in [0.05, 0.1) is 18.2 Å². The van der Waals surface area contributed by atoms with E-state index in [4.69, 9.17) is 11.6 Å². The topological polar surface area (TPSA) is 73.8 Å². The van der Waals surface area contributed by atoms with E-state index in [2.05, 4.69) is 33.8 Å². The third-order valence-corrected chi connectivity index (χ3v) is 4.88. The molecule has 0 saturated heterocycles. The largest absolute Gasteiger partial charge is 0.343 e. The van der Waals surface area contributed by atoms with E-state index in [1.54, 1.807) is 12.1 Å². The molecule has 2 N–H and O–H groups in total. The number of benzene rings is 1. The Morgan fingerprint density at radius 1 is 1.36 bits per heavy atom. The Kier molecular flexibility index (Phi) is 5.66. The van der Waals surface area contributed by atoms with Crippen LogP contribution in [0.5, 0.6) is 0 Å². The number of nitrogens with one attached hydrogen (secondary N) is 2. The van der Waals surface area contributed by atoms with E-state index in [0.29, 0.717) is 24.3 Å². The van der Waals surface area contributed by atoms with Gasteiger partial charge in [-0.3, -0.25) is 4.90 Å². The maximum atomic E-state index is 12.2. The first-order chi connectivity index (χ1) is 10.4. The first-order valence-electron chi connectivity index (χ1n) is 7.16. The molecule has 2 rings (SSSR count). The number of hydrogen-bond acceptors (Lipinski definition) is 5. The molecule has 1 aromatic carbocycles. The van der Waals surface area contributed by atoms with E-state index in [1.165, 1.54) is 12.1 Å². The van der Waals surface area contributed by atoms with Crippen LogP contribution in [0.2, 0.25) is 5.02 Å². The van der Waals surface area contributed by atoms with Crippen LogP contribution in [0.3, 0.4) is 0 Å². The molecule has 1 aliphatic rings. The molecule has 0 bridgehead atoms. The monoisotopic (exact) mass is 344 g/mol. The molecular formula is C14H21ClN4O2S. The maximum Gasteiger partial charge on any atom is 0.264 e. The van der Waals surface area contributed by atoms with Crippen LogP contribution in [0.15, 0.2) is 34.2 Å². The van der Waals surface area contributed by atoms with Gasteiger partial charge in [0.15, 0.2) is 0 Å². The van der Waals surface area contributed by atoms with E-state index in [-0.39, 0.29) is 10.9 Å². The van der Waals surface area contributed by atoms with Crippen molar-refractivity contribution in [2.24, 2.45) is 10.9 Å². The highest BCUT2D eigenvalue weighted by molar-refractivity contribution is 7.90. The number of halogens is 1. The smallest absolute Gasteiger partial charge is 0.264 e. The molecule has 122 valence electrons. The maximum absolute atomic E-state index is 12.2. The first kappa shape index (κ1) is 17.1. The minimum Gasteiger partial charge on any atom is -0.343 e. The predicted molar refractivity (Wildman–Crippen MR) is 88.2 cm³/mol. The van der Waals surface area contributed by atoms with Crippen molar-refractivity contribution in [3.05, 3.63) is 29.3 Å². The van der Waals surface area contributed by atoms with Gasteiger partial charge in [-0.25, -0.2) is 18.1 Å². The molecule has 0 aliphatic carbocycles. The van der Waals surface area contributed by atoms with E-state index in [0.717, 1.165) is 13.0 Å². The van der Waals surface area contributed by atoms with Crippen molar-refractivity contribution in [2.45, 2.75) is 25.2 Å². The minimum absolute atomic E-state index is 0.156. The van der Waals surface area contributed by atoms with Crippen molar-refractivity contribution in [1.29, 1.82) is 0 Å². The van der Waals surface area contributed by atoms with Crippen molar-refractivity contribution in [1.82, 2.24) is 14.9 Å². The molecule has 6 nitrogen and oxygen atoms in total. The summed E-state index contributed by atoms with van der Waals surface area (Å²) in [5.41, 5.74) is 0. The molecule has 0 aromatic heterocycles. The lowest BCUT2D eigenvalue weighted by molar-refractivity contribution is 0.248. The minimum atomic E-state index is -3.64. The molecule has 0 unspecified atom stereocenters. The van der Waals surface area contributed by atoms with Crippen LogP contribution in [0.4, 0.5) is 0 Å². The second-order valence-electron chi connectivity index (χ2n) is 5.62. The van der Waals surface area contributed by atoms with Crippen LogP contribution in [0, 0.1) is 5.92 Å². The van der Waals surface area contributed by atoms with Crippen LogP contribution in [-0.4, -0.2) is 39.2 Å². The Bertz CT molecular complexity index is 629. The molecule has 1 aromatic rings. The Morgan fingerprint density at radius 2 is 2.05 bits per heavy atom. The lowest BCUT2D eigenvalue weighted by atomic mass is 10.1. The summed E-state index contributed by atoms with van der Waals surface area (Å²) in [6.45, 7) is 6.34. The van der Waals surface area contributed by atoms with Gasteiger partial charge in [0.1, 0.15) is 0 Å². The standard InChI is InChI=1S/C14H21ClN4O2S/c1-11(2)7-8-19-9-16-14(17-10-19)18-22(20,21)13-5-3-12(15)4-6-13/h3-6,11H,7-10H2,1-2H3,(H2,16,17,18). The molecule has 22 heavy (non-hydrogen) atoms. The zero-order chi connectivity index (χ0) is 16.2. The van der Waals surface area contributed by atoms with Crippen LogP contribution in [0.25, 0.3) is 0 Å². The first-order valence-corrected chi connectivity index (χ1v) is 9.02. The van der Waals surface area contributed by atoms with Crippen molar-refractivity contribution < 1.29 is 8.42 Å². The molecular weight excluding hydrogens is 324 g/mol. The molecule has 1 heterocycles. The number of hydrogen-bond donors (Lipinski definition) is 2. The third kappa shape index (κ3) is 4.86. The molecule has 1 aliphatic heterocycles. The average Bonchev–Trinajstić information content (AvgIpc) is 2.46. The van der Waals surface area contributed by atoms with E-state index in [9.17, 15) is 8.42 Å². The molecule has 0 fully saturated rings. The van der Waals surface area contributed by atoms with Crippen molar-refractivity contribution in [3.8, 4) is 0 Å². The zero-order valence-corrected chi connectivity index (χ0v) is 14.3. The van der Waals surface area contributed by atoms with Crippen molar-refractivity contribution in [3.63, 3.8) is 0 Å². The van der Waals surface area contributed by atoms with E-state index in [1.807, 2.05) is 0 Å². The second-order valence-corrected chi connectivity index (χ2v) is 7.74. The van der Waals surface area contributed by atoms with Gasteiger partial charge < -0.3 is 5.32 Å². The summed E-state index contributed by atoms with van der Waals surface area (Å²) >= 11 is 5.76. The van der Waals surface area contributed by atoms with Gasteiger partial charge in [-0.15, -0.1) is 0 Å². The number of sulfonamides is 1.